The predicted molar refractivity (Wildman–Crippen MR) is 155 cm³/mol. The molecule has 0 spiro atoms. The molecule has 2 aromatic carbocycles. The third-order valence-electron chi connectivity index (χ3n) is 6.73. The maximum Gasteiger partial charge on any atom is 0.433 e. The third-order valence-corrected chi connectivity index (χ3v) is 7.85. The minimum atomic E-state index is -2.44. The molecule has 1 aromatic heterocycles. The van der Waals surface area contributed by atoms with Crippen LogP contribution in [0.15, 0.2) is 65.0 Å². The molecular formula is C29H28F3N5O6S. The van der Waals surface area contributed by atoms with Gasteiger partial charge in [0.1, 0.15) is 35.9 Å². The van der Waals surface area contributed by atoms with Crippen molar-refractivity contribution >= 4 is 41.0 Å². The molecule has 0 radical (unpaired) electrons. The lowest BCUT2D eigenvalue weighted by molar-refractivity contribution is -0.138. The molecule has 0 unspecified atom stereocenters. The number of hydrogen-bond acceptors (Lipinski definition) is 6. The first kappa shape index (κ1) is 32.0. The number of hydrogen-bond donors (Lipinski definition) is 4. The number of rotatable bonds is 10. The summed E-state index contributed by atoms with van der Waals surface area (Å²) in [6.45, 7) is -1.05. The van der Waals surface area contributed by atoms with Gasteiger partial charge in [0.2, 0.25) is 11.8 Å². The quantitative estimate of drug-likeness (QED) is 0.194. The van der Waals surface area contributed by atoms with E-state index in [-0.39, 0.29) is 11.4 Å². The molecule has 0 saturated carbocycles. The number of amides is 4. The van der Waals surface area contributed by atoms with E-state index in [0.29, 0.717) is 21.9 Å². The van der Waals surface area contributed by atoms with Gasteiger partial charge in [-0.2, -0.15) is 4.99 Å². The Kier molecular flexibility index (Phi) is 9.88. The Bertz CT molecular complexity index is 1570. The van der Waals surface area contributed by atoms with Gasteiger partial charge in [-0.05, 0) is 61.5 Å². The Hall–Kier alpha value is -4.92. The molecule has 4 amide bonds. The number of ether oxygens (including phenoxy) is 1. The number of benzene rings is 2. The molecule has 1 saturated heterocycles. The van der Waals surface area contributed by atoms with Crippen molar-refractivity contribution in [3.63, 3.8) is 0 Å². The summed E-state index contributed by atoms with van der Waals surface area (Å²) in [6, 6.07) is 10.8. The van der Waals surface area contributed by atoms with Crippen LogP contribution in [0.1, 0.15) is 40.2 Å². The number of aliphatic imine (C=N–C) groups is 1. The number of thiophene rings is 1. The van der Waals surface area contributed by atoms with Crippen molar-refractivity contribution < 1.29 is 42.2 Å². The molecule has 5 N–H and O–H groups in total. The molecule has 44 heavy (non-hydrogen) atoms. The van der Waals surface area contributed by atoms with Crippen LogP contribution < -0.4 is 21.1 Å². The Morgan fingerprint density at radius 3 is 2.39 bits per heavy atom. The second-order valence-electron chi connectivity index (χ2n) is 10.0. The number of carboxylic acid groups (broad SMARTS) is 1. The molecular weight excluding hydrogens is 603 g/mol. The monoisotopic (exact) mass is 631 g/mol. The van der Waals surface area contributed by atoms with Gasteiger partial charge in [-0.1, -0.05) is 0 Å². The van der Waals surface area contributed by atoms with E-state index in [1.54, 1.807) is 12.3 Å². The topological polar surface area (TPSA) is 163 Å². The van der Waals surface area contributed by atoms with Crippen LogP contribution in [0.5, 0.6) is 11.5 Å². The number of carbonyl (C=O) groups is 4. The van der Waals surface area contributed by atoms with Crippen LogP contribution in [-0.4, -0.2) is 71.1 Å². The van der Waals surface area contributed by atoms with E-state index >= 15 is 4.39 Å². The first-order valence-corrected chi connectivity index (χ1v) is 14.1. The molecule has 4 rings (SSSR count). The van der Waals surface area contributed by atoms with Gasteiger partial charge in [-0.15, -0.1) is 11.3 Å². The Labute approximate surface area is 253 Å². The fraction of sp³-hybridized carbons (Fsp3) is 0.276. The van der Waals surface area contributed by atoms with E-state index in [4.69, 9.17) is 15.6 Å². The molecule has 0 bridgehead atoms. The fourth-order valence-corrected chi connectivity index (χ4v) is 5.37. The standard InChI is InChI=1S/C29H28F3N5O6S/c1-16(23-10-18(13-44-23)25(33)36-28(41)42)35-27(40)22-11-29(32,14-30)15-37(22)24(38)12-34-26(39)17-2-6-20(7-3-17)43-21-8-4-19(31)5-9-21/h2-10,13,16,22H,11-12,14-15H2,1H3,(H2,33,36)(H,34,39)(H,35,40)(H,41,42)/t16-,22+,29+/m1/s1. The summed E-state index contributed by atoms with van der Waals surface area (Å²) in [7, 11) is 0. The van der Waals surface area contributed by atoms with Crippen LogP contribution in [0.2, 0.25) is 0 Å². The average molecular weight is 632 g/mol. The lowest BCUT2D eigenvalue weighted by atomic mass is 10.0. The van der Waals surface area contributed by atoms with Crippen LogP contribution in [-0.2, 0) is 9.59 Å². The van der Waals surface area contributed by atoms with Gasteiger partial charge in [-0.3, -0.25) is 14.4 Å². The van der Waals surface area contributed by atoms with Gasteiger partial charge in [0.05, 0.1) is 19.1 Å². The number of nitrogens with zero attached hydrogens (tertiary/aromatic N) is 2. The number of amidine groups is 1. The fourth-order valence-electron chi connectivity index (χ4n) is 4.46. The van der Waals surface area contributed by atoms with E-state index in [0.717, 1.165) is 4.90 Å². The maximum atomic E-state index is 15.1. The summed E-state index contributed by atoms with van der Waals surface area (Å²) in [5.41, 5.74) is 3.73. The van der Waals surface area contributed by atoms with Gasteiger partial charge in [0, 0.05) is 27.8 Å². The van der Waals surface area contributed by atoms with Crippen LogP contribution in [0.4, 0.5) is 18.0 Å². The number of halogens is 3. The lowest BCUT2D eigenvalue weighted by Crippen LogP contribution is -2.49. The molecule has 2 heterocycles. The summed E-state index contributed by atoms with van der Waals surface area (Å²) in [4.78, 5) is 54.3. The van der Waals surface area contributed by atoms with Gasteiger partial charge in [0.25, 0.3) is 5.91 Å². The van der Waals surface area contributed by atoms with Crippen LogP contribution in [0.25, 0.3) is 0 Å². The Balaban J connectivity index is 1.36. The van der Waals surface area contributed by atoms with Gasteiger partial charge in [0.15, 0.2) is 5.67 Å². The van der Waals surface area contributed by atoms with Gasteiger partial charge >= 0.3 is 6.09 Å². The number of alkyl halides is 2. The van der Waals surface area contributed by atoms with Crippen LogP contribution in [0, 0.1) is 5.82 Å². The summed E-state index contributed by atoms with van der Waals surface area (Å²) < 4.78 is 47.3. The normalized spacial score (nSPS) is 18.9. The lowest BCUT2D eigenvalue weighted by Gasteiger charge is -2.25. The Morgan fingerprint density at radius 2 is 1.77 bits per heavy atom. The van der Waals surface area contributed by atoms with E-state index in [9.17, 15) is 28.0 Å². The van der Waals surface area contributed by atoms with E-state index < -0.39 is 73.6 Å². The molecule has 1 aliphatic rings. The molecule has 11 nitrogen and oxygen atoms in total. The van der Waals surface area contributed by atoms with Crippen LogP contribution >= 0.6 is 11.3 Å². The van der Waals surface area contributed by atoms with E-state index in [2.05, 4.69) is 15.6 Å². The zero-order valence-electron chi connectivity index (χ0n) is 23.3. The second kappa shape index (κ2) is 13.6. The second-order valence-corrected chi connectivity index (χ2v) is 11.0. The molecule has 0 aliphatic carbocycles. The van der Waals surface area contributed by atoms with Crippen molar-refractivity contribution in [1.82, 2.24) is 15.5 Å². The van der Waals surface area contributed by atoms with Gasteiger partial charge < -0.3 is 31.1 Å². The summed E-state index contributed by atoms with van der Waals surface area (Å²) >= 11 is 1.17. The minimum absolute atomic E-state index is 0.182. The number of carbonyl (C=O) groups excluding carboxylic acids is 3. The summed E-state index contributed by atoms with van der Waals surface area (Å²) in [5.74, 6) is -2.02. The predicted octanol–water partition coefficient (Wildman–Crippen LogP) is 3.95. The largest absolute Gasteiger partial charge is 0.463 e. The first-order valence-electron chi connectivity index (χ1n) is 13.2. The zero-order valence-corrected chi connectivity index (χ0v) is 24.1. The third kappa shape index (κ3) is 7.92. The van der Waals surface area contributed by atoms with Crippen molar-refractivity contribution in [2.45, 2.75) is 31.1 Å². The molecule has 3 atom stereocenters. The molecule has 232 valence electrons. The minimum Gasteiger partial charge on any atom is -0.463 e. The summed E-state index contributed by atoms with van der Waals surface area (Å²) in [5, 5.41) is 15.4. The zero-order chi connectivity index (χ0) is 32.0. The maximum absolute atomic E-state index is 15.1. The highest BCUT2D eigenvalue weighted by Crippen LogP contribution is 2.32. The number of likely N-dealkylation sites (tertiary alicyclic amines) is 1. The molecule has 15 heteroatoms. The molecule has 1 aliphatic heterocycles. The Morgan fingerprint density at radius 1 is 1.14 bits per heavy atom. The van der Waals surface area contributed by atoms with E-state index in [1.165, 1.54) is 65.9 Å². The number of nitrogens with one attached hydrogen (secondary N) is 2. The van der Waals surface area contributed by atoms with E-state index in [1.807, 2.05) is 0 Å². The summed E-state index contributed by atoms with van der Waals surface area (Å²) in [6.07, 6.45) is -2.04. The van der Waals surface area contributed by atoms with Crippen molar-refractivity contribution in [1.29, 1.82) is 0 Å². The highest BCUT2D eigenvalue weighted by Gasteiger charge is 2.49. The van der Waals surface area contributed by atoms with Crippen LogP contribution in [0.3, 0.4) is 0 Å². The highest BCUT2D eigenvalue weighted by molar-refractivity contribution is 7.10. The first-order chi connectivity index (χ1) is 20.9. The SMILES string of the molecule is C[C@@H](NC(=O)[C@@H]1C[C@](F)(CF)CN1C(=O)CNC(=O)c1ccc(Oc2ccc(F)cc2)cc1)c1cc(/C(N)=N\C(=O)O)cs1. The van der Waals surface area contributed by atoms with Crippen molar-refractivity contribution in [3.05, 3.63) is 81.8 Å². The highest BCUT2D eigenvalue weighted by atomic mass is 32.1. The van der Waals surface area contributed by atoms with Crippen molar-refractivity contribution in [3.8, 4) is 11.5 Å². The van der Waals surface area contributed by atoms with Crippen molar-refractivity contribution in [2.24, 2.45) is 10.7 Å². The van der Waals surface area contributed by atoms with Gasteiger partial charge in [-0.25, -0.2) is 18.0 Å². The number of nitrogens with two attached hydrogens (primary N) is 1. The molecule has 1 fully saturated rings. The average Bonchev–Trinajstić information content (AvgIpc) is 3.63. The van der Waals surface area contributed by atoms with Crippen molar-refractivity contribution in [2.75, 3.05) is 19.8 Å². The molecule has 3 aromatic rings. The smallest absolute Gasteiger partial charge is 0.433 e.